The zero-order valence-corrected chi connectivity index (χ0v) is 12.5. The van der Waals surface area contributed by atoms with E-state index in [1.807, 2.05) is 6.92 Å². The number of unbranched alkanes of at least 4 members (excludes halogenated alkanes) is 3. The monoisotopic (exact) mass is 319 g/mol. The Balaban J connectivity index is 2.48. The summed E-state index contributed by atoms with van der Waals surface area (Å²) in [6, 6.07) is 2.50. The highest BCUT2D eigenvalue weighted by atomic mass is 79.9. The summed E-state index contributed by atoms with van der Waals surface area (Å²) in [5.74, 6) is -0.874. The third-order valence-electron chi connectivity index (χ3n) is 2.90. The van der Waals surface area contributed by atoms with E-state index in [2.05, 4.69) is 28.2 Å². The summed E-state index contributed by atoms with van der Waals surface area (Å²) in [5.41, 5.74) is 0.235. The van der Waals surface area contributed by atoms with Gasteiger partial charge in [-0.2, -0.15) is 0 Å². The first kappa shape index (κ1) is 15.4. The van der Waals surface area contributed by atoms with Crippen LogP contribution in [-0.2, 0) is 0 Å². The van der Waals surface area contributed by atoms with Crippen molar-refractivity contribution < 1.29 is 8.78 Å². The standard InChI is InChI=1S/C14H20BrF2N/c1-3-4-5-6-7-10(2)18-14-9-12(16)11(15)8-13(14)17/h8-10,18H,3-7H2,1-2H3. The summed E-state index contributed by atoms with van der Waals surface area (Å²) in [6.45, 7) is 4.16. The molecule has 0 aromatic heterocycles. The van der Waals surface area contributed by atoms with Gasteiger partial charge in [-0.05, 0) is 35.3 Å². The molecule has 1 unspecified atom stereocenters. The lowest BCUT2D eigenvalue weighted by molar-refractivity contribution is 0.577. The molecule has 1 N–H and O–H groups in total. The van der Waals surface area contributed by atoms with Crippen LogP contribution in [0.1, 0.15) is 46.0 Å². The molecule has 0 aliphatic heterocycles. The van der Waals surface area contributed by atoms with Crippen molar-refractivity contribution in [1.82, 2.24) is 0 Å². The highest BCUT2D eigenvalue weighted by Crippen LogP contribution is 2.24. The highest BCUT2D eigenvalue weighted by Gasteiger charge is 2.10. The molecular weight excluding hydrogens is 300 g/mol. The summed E-state index contributed by atoms with van der Waals surface area (Å²) in [6.07, 6.45) is 5.71. The van der Waals surface area contributed by atoms with Crippen molar-refractivity contribution in [1.29, 1.82) is 0 Å². The fourth-order valence-corrected chi connectivity index (χ4v) is 2.16. The van der Waals surface area contributed by atoms with E-state index in [0.717, 1.165) is 18.9 Å². The van der Waals surface area contributed by atoms with Crippen molar-refractivity contribution >= 4 is 21.6 Å². The van der Waals surface area contributed by atoms with Gasteiger partial charge in [0.15, 0.2) is 0 Å². The summed E-state index contributed by atoms with van der Waals surface area (Å²) in [4.78, 5) is 0. The van der Waals surface area contributed by atoms with E-state index in [1.54, 1.807) is 0 Å². The minimum absolute atomic E-state index is 0.150. The topological polar surface area (TPSA) is 12.0 Å². The van der Waals surface area contributed by atoms with E-state index in [-0.39, 0.29) is 16.2 Å². The molecule has 0 bridgehead atoms. The van der Waals surface area contributed by atoms with Crippen LogP contribution in [0.4, 0.5) is 14.5 Å². The fraction of sp³-hybridized carbons (Fsp3) is 0.571. The highest BCUT2D eigenvalue weighted by molar-refractivity contribution is 9.10. The van der Waals surface area contributed by atoms with Crippen LogP contribution in [0.2, 0.25) is 0 Å². The quantitative estimate of drug-likeness (QED) is 0.517. The Labute approximate surface area is 116 Å². The van der Waals surface area contributed by atoms with Crippen LogP contribution in [0.15, 0.2) is 16.6 Å². The molecule has 1 atom stereocenters. The smallest absolute Gasteiger partial charge is 0.147 e. The third kappa shape index (κ3) is 4.92. The Bertz CT molecular complexity index is 382. The van der Waals surface area contributed by atoms with Gasteiger partial charge in [-0.25, -0.2) is 8.78 Å². The minimum Gasteiger partial charge on any atom is -0.380 e. The van der Waals surface area contributed by atoms with Crippen LogP contribution in [0.3, 0.4) is 0 Å². The third-order valence-corrected chi connectivity index (χ3v) is 3.51. The number of nitrogens with one attached hydrogen (secondary N) is 1. The Morgan fingerprint density at radius 2 is 1.89 bits per heavy atom. The molecule has 0 aliphatic carbocycles. The van der Waals surface area contributed by atoms with E-state index in [4.69, 9.17) is 0 Å². The second-order valence-corrected chi connectivity index (χ2v) is 5.50. The number of rotatable bonds is 7. The molecule has 0 amide bonds. The second-order valence-electron chi connectivity index (χ2n) is 4.64. The molecule has 1 aromatic carbocycles. The Hall–Kier alpha value is -0.640. The van der Waals surface area contributed by atoms with Crippen molar-refractivity contribution in [3.05, 3.63) is 28.2 Å². The van der Waals surface area contributed by atoms with Crippen molar-refractivity contribution in [2.45, 2.75) is 52.0 Å². The van der Waals surface area contributed by atoms with E-state index in [9.17, 15) is 8.78 Å². The maximum Gasteiger partial charge on any atom is 0.147 e. The SMILES string of the molecule is CCCCCCC(C)Nc1cc(F)c(Br)cc1F. The molecule has 4 heteroatoms. The van der Waals surface area contributed by atoms with Crippen LogP contribution in [-0.4, -0.2) is 6.04 Å². The van der Waals surface area contributed by atoms with Crippen LogP contribution < -0.4 is 5.32 Å². The summed E-state index contributed by atoms with van der Waals surface area (Å²) in [5, 5.41) is 3.02. The predicted octanol–water partition coefficient (Wildman–Crippen LogP) is 5.50. The number of halogens is 3. The molecule has 0 aliphatic rings. The summed E-state index contributed by atoms with van der Waals surface area (Å²) in [7, 11) is 0. The predicted molar refractivity (Wildman–Crippen MR) is 75.9 cm³/mol. The molecule has 0 fully saturated rings. The number of hydrogen-bond acceptors (Lipinski definition) is 1. The zero-order chi connectivity index (χ0) is 13.5. The average Bonchev–Trinajstić information content (AvgIpc) is 2.32. The maximum atomic E-state index is 13.6. The molecule has 1 rings (SSSR count). The van der Waals surface area contributed by atoms with Crippen molar-refractivity contribution in [3.63, 3.8) is 0 Å². The fourth-order valence-electron chi connectivity index (χ4n) is 1.85. The molecule has 0 spiro atoms. The second kappa shape index (κ2) is 7.72. The van der Waals surface area contributed by atoms with Crippen LogP contribution in [0.5, 0.6) is 0 Å². The number of anilines is 1. The van der Waals surface area contributed by atoms with Crippen molar-refractivity contribution in [2.75, 3.05) is 5.32 Å². The molecule has 0 heterocycles. The minimum atomic E-state index is -0.447. The van der Waals surface area contributed by atoms with Gasteiger partial charge >= 0.3 is 0 Å². The van der Waals surface area contributed by atoms with Gasteiger partial charge in [0.2, 0.25) is 0 Å². The lowest BCUT2D eigenvalue weighted by Gasteiger charge is -2.16. The molecule has 0 saturated heterocycles. The first-order valence-electron chi connectivity index (χ1n) is 6.45. The Kier molecular flexibility index (Phi) is 6.61. The molecule has 0 radical (unpaired) electrons. The van der Waals surface area contributed by atoms with Crippen molar-refractivity contribution in [2.24, 2.45) is 0 Å². The maximum absolute atomic E-state index is 13.6. The first-order valence-corrected chi connectivity index (χ1v) is 7.25. The number of hydrogen-bond donors (Lipinski definition) is 1. The zero-order valence-electron chi connectivity index (χ0n) is 10.9. The van der Waals surface area contributed by atoms with Crippen molar-refractivity contribution in [3.8, 4) is 0 Å². The molecule has 1 aromatic rings. The molecule has 1 nitrogen and oxygen atoms in total. The Morgan fingerprint density at radius 1 is 1.17 bits per heavy atom. The van der Waals surface area contributed by atoms with E-state index in [0.29, 0.717) is 0 Å². The average molecular weight is 320 g/mol. The summed E-state index contributed by atoms with van der Waals surface area (Å²) >= 11 is 2.96. The van der Waals surface area contributed by atoms with Gasteiger partial charge in [0.05, 0.1) is 10.2 Å². The van der Waals surface area contributed by atoms with E-state index < -0.39 is 11.6 Å². The van der Waals surface area contributed by atoms with Crippen LogP contribution >= 0.6 is 15.9 Å². The van der Waals surface area contributed by atoms with Gasteiger partial charge < -0.3 is 5.32 Å². The Morgan fingerprint density at radius 3 is 2.56 bits per heavy atom. The normalized spacial score (nSPS) is 12.5. The van der Waals surface area contributed by atoms with Gasteiger partial charge in [0.1, 0.15) is 11.6 Å². The lowest BCUT2D eigenvalue weighted by Crippen LogP contribution is -2.16. The van der Waals surface area contributed by atoms with Gasteiger partial charge in [0.25, 0.3) is 0 Å². The molecule has 0 saturated carbocycles. The van der Waals surface area contributed by atoms with Crippen LogP contribution in [0, 0.1) is 11.6 Å². The molecular formula is C14H20BrF2N. The van der Waals surface area contributed by atoms with Gasteiger partial charge in [0, 0.05) is 12.1 Å². The first-order chi connectivity index (χ1) is 8.54. The van der Waals surface area contributed by atoms with Crippen LogP contribution in [0.25, 0.3) is 0 Å². The van der Waals surface area contributed by atoms with Gasteiger partial charge in [-0.1, -0.05) is 32.6 Å². The lowest BCUT2D eigenvalue weighted by atomic mass is 10.1. The molecule has 102 valence electrons. The van der Waals surface area contributed by atoms with Gasteiger partial charge in [-0.15, -0.1) is 0 Å². The number of benzene rings is 1. The van der Waals surface area contributed by atoms with E-state index >= 15 is 0 Å². The summed E-state index contributed by atoms with van der Waals surface area (Å²) < 4.78 is 27.0. The molecule has 18 heavy (non-hydrogen) atoms. The van der Waals surface area contributed by atoms with Gasteiger partial charge in [-0.3, -0.25) is 0 Å². The largest absolute Gasteiger partial charge is 0.380 e. The van der Waals surface area contributed by atoms with E-state index in [1.165, 1.54) is 25.3 Å².